The third-order valence-electron chi connectivity index (χ3n) is 5.27. The Bertz CT molecular complexity index is 1190. The molecule has 2 aromatic carbocycles. The van der Waals surface area contributed by atoms with Crippen molar-refractivity contribution in [2.75, 3.05) is 23.7 Å². The van der Waals surface area contributed by atoms with E-state index in [1.807, 2.05) is 0 Å². The lowest BCUT2D eigenvalue weighted by molar-refractivity contribution is -0.140. The van der Waals surface area contributed by atoms with Crippen LogP contribution in [-0.2, 0) is 32.3 Å². The normalized spacial score (nSPS) is 12.7. The number of rotatable bonds is 10. The number of carbonyl (C=O) groups is 2. The van der Waals surface area contributed by atoms with Gasteiger partial charge in [0.2, 0.25) is 21.8 Å². The largest absolute Gasteiger partial charge is 0.416 e. The standard InChI is InChI=1S/C23H26Cl2F3N3O4S/c1-4-20(22(33)29-5-2)30(13-17-18(24)10-7-11-19(17)25)21(32)14-31(36(3,34)35)16-9-6-8-15(12-16)23(26,27)28/h6-12,20H,4-5,13-14H2,1-3H3,(H,29,33). The Morgan fingerprint density at radius 2 is 1.64 bits per heavy atom. The predicted molar refractivity (Wildman–Crippen MR) is 133 cm³/mol. The molecule has 2 rings (SSSR count). The first-order valence-corrected chi connectivity index (χ1v) is 13.5. The molecule has 0 bridgehead atoms. The van der Waals surface area contributed by atoms with Crippen LogP contribution in [0.4, 0.5) is 18.9 Å². The SMILES string of the molecule is CCNC(=O)C(CC)N(Cc1c(Cl)cccc1Cl)C(=O)CN(c1cccc(C(F)(F)F)c1)S(C)(=O)=O. The highest BCUT2D eigenvalue weighted by Crippen LogP contribution is 2.32. The molecule has 36 heavy (non-hydrogen) atoms. The summed E-state index contributed by atoms with van der Waals surface area (Å²) in [5.74, 6) is -1.31. The van der Waals surface area contributed by atoms with Crippen LogP contribution in [0.3, 0.4) is 0 Å². The molecule has 0 aliphatic rings. The number of hydrogen-bond donors (Lipinski definition) is 1. The second-order valence-electron chi connectivity index (χ2n) is 7.86. The molecule has 0 saturated heterocycles. The van der Waals surface area contributed by atoms with Crippen molar-refractivity contribution in [1.29, 1.82) is 0 Å². The average molecular weight is 568 g/mol. The molecule has 0 spiro atoms. The molecule has 1 atom stereocenters. The van der Waals surface area contributed by atoms with Crippen LogP contribution >= 0.6 is 23.2 Å². The highest BCUT2D eigenvalue weighted by atomic mass is 35.5. The van der Waals surface area contributed by atoms with Crippen molar-refractivity contribution in [3.8, 4) is 0 Å². The summed E-state index contributed by atoms with van der Waals surface area (Å²) < 4.78 is 65.4. The van der Waals surface area contributed by atoms with Gasteiger partial charge in [-0.1, -0.05) is 42.3 Å². The monoisotopic (exact) mass is 567 g/mol. The van der Waals surface area contributed by atoms with Crippen LogP contribution in [0.25, 0.3) is 0 Å². The maximum Gasteiger partial charge on any atom is 0.416 e. The molecule has 1 N–H and O–H groups in total. The lowest BCUT2D eigenvalue weighted by Gasteiger charge is -2.33. The molecule has 13 heteroatoms. The minimum atomic E-state index is -4.72. The summed E-state index contributed by atoms with van der Waals surface area (Å²) >= 11 is 12.5. The second-order valence-corrected chi connectivity index (χ2v) is 10.6. The van der Waals surface area contributed by atoms with Gasteiger partial charge in [-0.3, -0.25) is 13.9 Å². The fraction of sp³-hybridized carbons (Fsp3) is 0.391. The van der Waals surface area contributed by atoms with Crippen molar-refractivity contribution in [2.45, 2.75) is 39.0 Å². The summed E-state index contributed by atoms with van der Waals surface area (Å²) in [7, 11) is -4.20. The summed E-state index contributed by atoms with van der Waals surface area (Å²) in [5, 5.41) is 3.08. The van der Waals surface area contributed by atoms with Gasteiger partial charge in [0, 0.05) is 28.7 Å². The molecule has 0 radical (unpaired) electrons. The molecule has 7 nitrogen and oxygen atoms in total. The number of nitrogens with one attached hydrogen (secondary N) is 1. The minimum Gasteiger partial charge on any atom is -0.355 e. The summed E-state index contributed by atoms with van der Waals surface area (Å²) in [4.78, 5) is 27.4. The second kappa shape index (κ2) is 12.2. The van der Waals surface area contributed by atoms with Gasteiger partial charge in [-0.15, -0.1) is 0 Å². The molecule has 0 heterocycles. The van der Waals surface area contributed by atoms with Crippen LogP contribution in [0.15, 0.2) is 42.5 Å². The molecule has 0 aromatic heterocycles. The zero-order valence-corrected chi connectivity index (χ0v) is 22.1. The van der Waals surface area contributed by atoms with Crippen molar-refractivity contribution in [3.05, 3.63) is 63.6 Å². The number of halogens is 5. The fourth-order valence-electron chi connectivity index (χ4n) is 3.52. The van der Waals surface area contributed by atoms with Gasteiger partial charge >= 0.3 is 6.18 Å². The quantitative estimate of drug-likeness (QED) is 0.450. The van der Waals surface area contributed by atoms with E-state index in [2.05, 4.69) is 5.32 Å². The summed E-state index contributed by atoms with van der Waals surface area (Å²) in [5.41, 5.74) is -1.08. The van der Waals surface area contributed by atoms with Crippen LogP contribution in [0.5, 0.6) is 0 Å². The number of sulfonamides is 1. The van der Waals surface area contributed by atoms with Crippen molar-refractivity contribution in [2.24, 2.45) is 0 Å². The van der Waals surface area contributed by atoms with Crippen LogP contribution in [0.2, 0.25) is 10.0 Å². The van der Waals surface area contributed by atoms with Crippen LogP contribution in [0.1, 0.15) is 31.4 Å². The van der Waals surface area contributed by atoms with Gasteiger partial charge in [0.15, 0.2) is 0 Å². The molecular weight excluding hydrogens is 542 g/mol. The van der Waals surface area contributed by atoms with Crippen molar-refractivity contribution in [1.82, 2.24) is 10.2 Å². The van der Waals surface area contributed by atoms with E-state index in [1.54, 1.807) is 32.0 Å². The smallest absolute Gasteiger partial charge is 0.355 e. The van der Waals surface area contributed by atoms with Gasteiger partial charge in [0.1, 0.15) is 12.6 Å². The Morgan fingerprint density at radius 3 is 2.14 bits per heavy atom. The molecule has 2 aromatic rings. The van der Waals surface area contributed by atoms with E-state index in [9.17, 15) is 31.2 Å². The van der Waals surface area contributed by atoms with Gasteiger partial charge < -0.3 is 10.2 Å². The molecule has 1 unspecified atom stereocenters. The molecule has 0 saturated carbocycles. The number of likely N-dealkylation sites (N-methyl/N-ethyl adjacent to an activating group) is 1. The first-order chi connectivity index (χ1) is 16.7. The van der Waals surface area contributed by atoms with Crippen LogP contribution in [0, 0.1) is 0 Å². The minimum absolute atomic E-state index is 0.169. The number of benzene rings is 2. The van der Waals surface area contributed by atoms with E-state index in [0.29, 0.717) is 15.9 Å². The van der Waals surface area contributed by atoms with Crippen LogP contribution in [-0.4, -0.2) is 50.5 Å². The van der Waals surface area contributed by atoms with Gasteiger partial charge in [-0.2, -0.15) is 13.2 Å². The van der Waals surface area contributed by atoms with Crippen LogP contribution < -0.4 is 9.62 Å². The molecule has 2 amide bonds. The first-order valence-electron chi connectivity index (χ1n) is 10.9. The zero-order chi connectivity index (χ0) is 27.3. The molecule has 198 valence electrons. The number of anilines is 1. The molecule has 0 aliphatic heterocycles. The maximum atomic E-state index is 13.5. The maximum absolute atomic E-state index is 13.5. The van der Waals surface area contributed by atoms with E-state index < -0.39 is 46.2 Å². The van der Waals surface area contributed by atoms with Crippen molar-refractivity contribution < 1.29 is 31.2 Å². The summed E-state index contributed by atoms with van der Waals surface area (Å²) in [6.07, 6.45) is -3.78. The lowest BCUT2D eigenvalue weighted by Crippen LogP contribution is -2.52. The number of amides is 2. The zero-order valence-electron chi connectivity index (χ0n) is 19.8. The average Bonchev–Trinajstić information content (AvgIpc) is 2.78. The van der Waals surface area contributed by atoms with E-state index >= 15 is 0 Å². The number of carbonyl (C=O) groups excluding carboxylic acids is 2. The van der Waals surface area contributed by atoms with E-state index in [1.165, 1.54) is 0 Å². The third-order valence-corrected chi connectivity index (χ3v) is 7.12. The Hall–Kier alpha value is -2.50. The van der Waals surface area contributed by atoms with Gasteiger partial charge in [-0.25, -0.2) is 8.42 Å². The summed E-state index contributed by atoms with van der Waals surface area (Å²) in [6, 6.07) is 7.30. The van der Waals surface area contributed by atoms with Gasteiger partial charge in [0.05, 0.1) is 17.5 Å². The number of alkyl halides is 3. The van der Waals surface area contributed by atoms with E-state index in [4.69, 9.17) is 23.2 Å². The fourth-order valence-corrected chi connectivity index (χ4v) is 4.87. The van der Waals surface area contributed by atoms with Crippen molar-refractivity contribution in [3.63, 3.8) is 0 Å². The highest BCUT2D eigenvalue weighted by molar-refractivity contribution is 7.92. The Labute approximate surface area is 218 Å². The van der Waals surface area contributed by atoms with E-state index in [0.717, 1.165) is 29.4 Å². The number of nitrogens with zero attached hydrogens (tertiary/aromatic N) is 2. The first kappa shape index (κ1) is 29.7. The Morgan fingerprint density at radius 1 is 1.06 bits per heavy atom. The van der Waals surface area contributed by atoms with Gasteiger partial charge in [-0.05, 0) is 43.7 Å². The lowest BCUT2D eigenvalue weighted by atomic mass is 10.1. The topological polar surface area (TPSA) is 86.8 Å². The molecule has 0 aliphatic carbocycles. The van der Waals surface area contributed by atoms with Gasteiger partial charge in [0.25, 0.3) is 0 Å². The van der Waals surface area contributed by atoms with Crippen molar-refractivity contribution >= 4 is 50.7 Å². The predicted octanol–water partition coefficient (Wildman–Crippen LogP) is 4.72. The van der Waals surface area contributed by atoms with E-state index in [-0.39, 0.29) is 35.2 Å². The third kappa shape index (κ3) is 7.50. The molecule has 0 fully saturated rings. The summed E-state index contributed by atoms with van der Waals surface area (Å²) in [6.45, 7) is 2.56. The highest BCUT2D eigenvalue weighted by Gasteiger charge is 2.34. The Kier molecular flexibility index (Phi) is 10.0. The molecular formula is C23H26Cl2F3N3O4S. The Balaban J connectivity index is 2.54. The number of hydrogen-bond acceptors (Lipinski definition) is 4.